The molecule has 7 nitrogen and oxygen atoms in total. The molecule has 0 aromatic rings. The van der Waals surface area contributed by atoms with Crippen molar-refractivity contribution in [3.8, 4) is 12.3 Å². The number of hydrogen-bond donors (Lipinski definition) is 0. The summed E-state index contributed by atoms with van der Waals surface area (Å²) in [5, 5.41) is 3.42. The van der Waals surface area contributed by atoms with Crippen LogP contribution in [0.1, 0.15) is 40.0 Å². The number of carbonyl (C=O) groups is 1. The highest BCUT2D eigenvalue weighted by Gasteiger charge is 2.21. The fraction of sp³-hybridized carbons (Fsp3) is 0.800. The summed E-state index contributed by atoms with van der Waals surface area (Å²) < 4.78 is 10.8. The van der Waals surface area contributed by atoms with E-state index in [4.69, 9.17) is 21.4 Å². The van der Waals surface area contributed by atoms with Crippen molar-refractivity contribution in [3.63, 3.8) is 0 Å². The molecule has 22 heavy (non-hydrogen) atoms. The largest absolute Gasteiger partial charge is 0.444 e. The number of azide groups is 1. The highest BCUT2D eigenvalue weighted by Crippen LogP contribution is 2.10. The van der Waals surface area contributed by atoms with Gasteiger partial charge in [0.15, 0.2) is 0 Å². The number of rotatable bonds is 10. The van der Waals surface area contributed by atoms with E-state index in [1.165, 1.54) is 0 Å². The van der Waals surface area contributed by atoms with Gasteiger partial charge in [-0.15, -0.1) is 12.3 Å². The molecule has 124 valence electrons. The van der Waals surface area contributed by atoms with Gasteiger partial charge in [0.1, 0.15) is 5.60 Å². The summed E-state index contributed by atoms with van der Waals surface area (Å²) in [6.45, 7) is 8.00. The van der Waals surface area contributed by atoms with E-state index in [2.05, 4.69) is 15.9 Å². The van der Waals surface area contributed by atoms with E-state index in [0.29, 0.717) is 52.1 Å². The van der Waals surface area contributed by atoms with Gasteiger partial charge in [0.2, 0.25) is 0 Å². The summed E-state index contributed by atoms with van der Waals surface area (Å²) in [5.41, 5.74) is 7.60. The summed E-state index contributed by atoms with van der Waals surface area (Å²) in [4.78, 5) is 16.3. The Hall–Kier alpha value is -1.90. The average Bonchev–Trinajstić information content (AvgIpc) is 2.43. The lowest BCUT2D eigenvalue weighted by atomic mass is 10.2. The molecule has 0 saturated carbocycles. The van der Waals surface area contributed by atoms with E-state index >= 15 is 0 Å². The average molecular weight is 310 g/mol. The molecule has 0 radical (unpaired) electrons. The van der Waals surface area contributed by atoms with Gasteiger partial charge >= 0.3 is 6.09 Å². The second kappa shape index (κ2) is 11.7. The molecule has 0 fully saturated rings. The third kappa shape index (κ3) is 11.9. The molecule has 0 unspecified atom stereocenters. The molecule has 0 aliphatic rings. The summed E-state index contributed by atoms with van der Waals surface area (Å²) in [6.07, 6.45) is 6.78. The fourth-order valence-electron chi connectivity index (χ4n) is 1.56. The molecule has 0 heterocycles. The second-order valence-electron chi connectivity index (χ2n) is 5.70. The number of hydrogen-bond acceptors (Lipinski definition) is 4. The van der Waals surface area contributed by atoms with Crippen LogP contribution >= 0.6 is 0 Å². The zero-order valence-electron chi connectivity index (χ0n) is 13.7. The van der Waals surface area contributed by atoms with Crippen LogP contribution in [0.25, 0.3) is 10.4 Å². The third-order valence-corrected chi connectivity index (χ3v) is 2.50. The minimum Gasteiger partial charge on any atom is -0.444 e. The molecule has 7 heteroatoms. The van der Waals surface area contributed by atoms with Gasteiger partial charge in [-0.1, -0.05) is 5.11 Å². The van der Waals surface area contributed by atoms with Crippen molar-refractivity contribution in [1.29, 1.82) is 0 Å². The van der Waals surface area contributed by atoms with Gasteiger partial charge in [-0.2, -0.15) is 0 Å². The molecule has 0 aromatic heterocycles. The Labute approximate surface area is 132 Å². The van der Waals surface area contributed by atoms with Gasteiger partial charge in [-0.3, -0.25) is 0 Å². The Bertz CT molecular complexity index is 406. The normalized spacial score (nSPS) is 10.5. The lowest BCUT2D eigenvalue weighted by molar-refractivity contribution is 0.0233. The smallest absolute Gasteiger partial charge is 0.410 e. The molecule has 0 aliphatic heterocycles. The first-order chi connectivity index (χ1) is 10.4. The summed E-state index contributed by atoms with van der Waals surface area (Å²) >= 11 is 0. The van der Waals surface area contributed by atoms with Crippen LogP contribution in [0, 0.1) is 12.3 Å². The van der Waals surface area contributed by atoms with Crippen LogP contribution in [0.15, 0.2) is 5.11 Å². The minimum atomic E-state index is -0.525. The van der Waals surface area contributed by atoms with Crippen LogP contribution < -0.4 is 0 Å². The number of amides is 1. The molecule has 0 atom stereocenters. The topological polar surface area (TPSA) is 87.5 Å². The van der Waals surface area contributed by atoms with Crippen LogP contribution in [-0.4, -0.2) is 49.4 Å². The van der Waals surface area contributed by atoms with Crippen molar-refractivity contribution in [2.75, 3.05) is 32.8 Å². The van der Waals surface area contributed by atoms with Gasteiger partial charge in [-0.05, 0) is 39.1 Å². The number of nitrogens with zero attached hydrogens (tertiary/aromatic N) is 4. The Morgan fingerprint density at radius 1 is 1.32 bits per heavy atom. The molecule has 0 aromatic carbocycles. The Kier molecular flexibility index (Phi) is 10.7. The molecule has 0 rings (SSSR count). The number of terminal acetylenes is 1. The molecular formula is C15H26N4O3. The molecule has 0 bridgehead atoms. The molecule has 0 aliphatic carbocycles. The standard InChI is InChI=1S/C15H26N4O3/c1-5-6-10-19(14(20)22-15(2,3)4)11-8-13-21-12-7-9-17-18-16/h1H,6-13H2,2-4H3. The fourth-order valence-corrected chi connectivity index (χ4v) is 1.56. The Balaban J connectivity index is 4.02. The zero-order valence-corrected chi connectivity index (χ0v) is 13.7. The van der Waals surface area contributed by atoms with E-state index in [0.717, 1.165) is 0 Å². The molecule has 0 N–H and O–H groups in total. The van der Waals surface area contributed by atoms with Gasteiger partial charge in [-0.25, -0.2) is 4.79 Å². The summed E-state index contributed by atoms with van der Waals surface area (Å²) in [6, 6.07) is 0. The van der Waals surface area contributed by atoms with E-state index in [1.807, 2.05) is 20.8 Å². The molecule has 0 spiro atoms. The Morgan fingerprint density at radius 3 is 2.59 bits per heavy atom. The van der Waals surface area contributed by atoms with Crippen LogP contribution in [-0.2, 0) is 9.47 Å². The van der Waals surface area contributed by atoms with Crippen molar-refractivity contribution >= 4 is 6.09 Å². The van der Waals surface area contributed by atoms with Crippen molar-refractivity contribution in [2.45, 2.75) is 45.6 Å². The zero-order chi connectivity index (χ0) is 16.8. The van der Waals surface area contributed by atoms with Crippen LogP contribution in [0.5, 0.6) is 0 Å². The summed E-state index contributed by atoms with van der Waals surface area (Å²) in [5.74, 6) is 2.53. The van der Waals surface area contributed by atoms with Crippen LogP contribution in [0.3, 0.4) is 0 Å². The molecule has 1 amide bonds. The predicted octanol–water partition coefficient (Wildman–Crippen LogP) is 3.35. The predicted molar refractivity (Wildman–Crippen MR) is 85.3 cm³/mol. The van der Waals surface area contributed by atoms with Gasteiger partial charge in [0.05, 0.1) is 0 Å². The number of carbonyl (C=O) groups excluding carboxylic acids is 1. The molecule has 0 saturated heterocycles. The lowest BCUT2D eigenvalue weighted by Gasteiger charge is -2.27. The van der Waals surface area contributed by atoms with Gasteiger partial charge < -0.3 is 14.4 Å². The SMILES string of the molecule is C#CCCN(CCCOCCCN=[N+]=[N-])C(=O)OC(C)(C)C. The van der Waals surface area contributed by atoms with Crippen molar-refractivity contribution < 1.29 is 14.3 Å². The van der Waals surface area contributed by atoms with Gasteiger partial charge in [0.25, 0.3) is 0 Å². The lowest BCUT2D eigenvalue weighted by Crippen LogP contribution is -2.38. The summed E-state index contributed by atoms with van der Waals surface area (Å²) in [7, 11) is 0. The first-order valence-electron chi connectivity index (χ1n) is 7.40. The van der Waals surface area contributed by atoms with E-state index in [9.17, 15) is 4.79 Å². The van der Waals surface area contributed by atoms with E-state index in [1.54, 1.807) is 4.90 Å². The van der Waals surface area contributed by atoms with E-state index < -0.39 is 5.60 Å². The quantitative estimate of drug-likeness (QED) is 0.204. The van der Waals surface area contributed by atoms with Gasteiger partial charge in [0, 0.05) is 44.2 Å². The maximum Gasteiger partial charge on any atom is 0.410 e. The second-order valence-corrected chi connectivity index (χ2v) is 5.70. The van der Waals surface area contributed by atoms with Crippen molar-refractivity contribution in [3.05, 3.63) is 10.4 Å². The van der Waals surface area contributed by atoms with Crippen molar-refractivity contribution in [2.24, 2.45) is 5.11 Å². The van der Waals surface area contributed by atoms with Crippen LogP contribution in [0.2, 0.25) is 0 Å². The maximum atomic E-state index is 12.1. The highest BCUT2D eigenvalue weighted by molar-refractivity contribution is 5.68. The molecular weight excluding hydrogens is 284 g/mol. The van der Waals surface area contributed by atoms with Crippen molar-refractivity contribution in [1.82, 2.24) is 4.90 Å². The van der Waals surface area contributed by atoms with Crippen LogP contribution in [0.4, 0.5) is 4.79 Å². The monoisotopic (exact) mass is 310 g/mol. The maximum absolute atomic E-state index is 12.1. The Morgan fingerprint density at radius 2 is 2.00 bits per heavy atom. The van der Waals surface area contributed by atoms with E-state index in [-0.39, 0.29) is 6.09 Å². The number of ether oxygens (including phenoxy) is 2. The first kappa shape index (κ1) is 20.1. The minimum absolute atomic E-state index is 0.355. The third-order valence-electron chi connectivity index (χ3n) is 2.50. The first-order valence-corrected chi connectivity index (χ1v) is 7.40. The highest BCUT2D eigenvalue weighted by atomic mass is 16.6.